The SMILES string of the molecule is CCCC1CCCN(CC(O)COCCOC)CC1. The Morgan fingerprint density at radius 2 is 2.11 bits per heavy atom. The van der Waals surface area contributed by atoms with Crippen molar-refractivity contribution in [2.45, 2.75) is 45.1 Å². The van der Waals surface area contributed by atoms with Crippen LogP contribution in [0.1, 0.15) is 39.0 Å². The predicted molar refractivity (Wildman–Crippen MR) is 77.4 cm³/mol. The molecule has 1 N–H and O–H groups in total. The molecular weight excluding hydrogens is 242 g/mol. The van der Waals surface area contributed by atoms with Crippen molar-refractivity contribution >= 4 is 0 Å². The maximum atomic E-state index is 9.95. The van der Waals surface area contributed by atoms with Crippen LogP contribution in [0.15, 0.2) is 0 Å². The first-order chi connectivity index (χ1) is 9.26. The number of hydrogen-bond acceptors (Lipinski definition) is 4. The first-order valence-electron chi connectivity index (χ1n) is 7.73. The molecule has 2 atom stereocenters. The van der Waals surface area contributed by atoms with Crippen molar-refractivity contribution in [2.24, 2.45) is 5.92 Å². The molecule has 0 aromatic heterocycles. The number of ether oxygens (including phenoxy) is 2. The van der Waals surface area contributed by atoms with E-state index in [4.69, 9.17) is 9.47 Å². The molecule has 1 aliphatic heterocycles. The Morgan fingerprint density at radius 3 is 2.84 bits per heavy atom. The lowest BCUT2D eigenvalue weighted by atomic mass is 9.96. The van der Waals surface area contributed by atoms with E-state index < -0.39 is 0 Å². The summed E-state index contributed by atoms with van der Waals surface area (Å²) in [5.74, 6) is 0.894. The summed E-state index contributed by atoms with van der Waals surface area (Å²) in [5.41, 5.74) is 0. The van der Waals surface area contributed by atoms with Crippen LogP contribution in [-0.4, -0.2) is 62.7 Å². The number of β-amino-alcohol motifs (C(OH)–C–C–N with tert-alkyl or cyclic N) is 1. The van der Waals surface area contributed by atoms with Crippen LogP contribution < -0.4 is 0 Å². The first kappa shape index (κ1) is 16.9. The van der Waals surface area contributed by atoms with Crippen molar-refractivity contribution in [1.29, 1.82) is 0 Å². The van der Waals surface area contributed by atoms with Gasteiger partial charge in [-0.3, -0.25) is 0 Å². The maximum absolute atomic E-state index is 9.95. The number of methoxy groups -OCH3 is 1. The van der Waals surface area contributed by atoms with Crippen LogP contribution >= 0.6 is 0 Å². The number of aliphatic hydroxyl groups is 1. The van der Waals surface area contributed by atoms with Crippen LogP contribution in [0.2, 0.25) is 0 Å². The van der Waals surface area contributed by atoms with Crippen molar-refractivity contribution < 1.29 is 14.6 Å². The topological polar surface area (TPSA) is 41.9 Å². The molecule has 2 unspecified atom stereocenters. The van der Waals surface area contributed by atoms with E-state index in [1.165, 1.54) is 32.1 Å². The summed E-state index contributed by atoms with van der Waals surface area (Å²) in [6.45, 7) is 6.82. The minimum absolute atomic E-state index is 0.375. The number of hydrogen-bond donors (Lipinski definition) is 1. The molecule has 0 bridgehead atoms. The molecule has 19 heavy (non-hydrogen) atoms. The van der Waals surface area contributed by atoms with E-state index in [1.54, 1.807) is 7.11 Å². The van der Waals surface area contributed by atoms with Gasteiger partial charge in [0.1, 0.15) is 0 Å². The van der Waals surface area contributed by atoms with Gasteiger partial charge in [0, 0.05) is 13.7 Å². The van der Waals surface area contributed by atoms with Gasteiger partial charge in [-0.15, -0.1) is 0 Å². The minimum atomic E-state index is -0.375. The highest BCUT2D eigenvalue weighted by atomic mass is 16.5. The lowest BCUT2D eigenvalue weighted by molar-refractivity contribution is -0.000235. The molecule has 1 aliphatic rings. The summed E-state index contributed by atoms with van der Waals surface area (Å²) >= 11 is 0. The van der Waals surface area contributed by atoms with Gasteiger partial charge in [0.25, 0.3) is 0 Å². The lowest BCUT2D eigenvalue weighted by Crippen LogP contribution is -2.35. The number of aliphatic hydroxyl groups excluding tert-OH is 1. The third-order valence-corrected chi connectivity index (χ3v) is 3.85. The Kier molecular flexibility index (Phi) is 9.43. The van der Waals surface area contributed by atoms with Crippen LogP contribution in [0.5, 0.6) is 0 Å². The van der Waals surface area contributed by atoms with Gasteiger partial charge in [-0.25, -0.2) is 0 Å². The van der Waals surface area contributed by atoms with E-state index in [2.05, 4.69) is 11.8 Å². The zero-order valence-electron chi connectivity index (χ0n) is 12.6. The van der Waals surface area contributed by atoms with E-state index in [1.807, 2.05) is 0 Å². The van der Waals surface area contributed by atoms with Gasteiger partial charge in [-0.2, -0.15) is 0 Å². The summed E-state index contributed by atoms with van der Waals surface area (Å²) < 4.78 is 10.3. The molecule has 0 amide bonds. The molecule has 0 aromatic carbocycles. The molecule has 0 spiro atoms. The van der Waals surface area contributed by atoms with Crippen molar-refractivity contribution in [2.75, 3.05) is 46.6 Å². The van der Waals surface area contributed by atoms with Crippen LogP contribution in [0, 0.1) is 5.92 Å². The van der Waals surface area contributed by atoms with Crippen molar-refractivity contribution in [1.82, 2.24) is 4.90 Å². The average Bonchev–Trinajstić information content (AvgIpc) is 2.61. The number of likely N-dealkylation sites (tertiary alicyclic amines) is 1. The Labute approximate surface area is 118 Å². The molecular formula is C15H31NO3. The number of rotatable bonds is 9. The van der Waals surface area contributed by atoms with Crippen LogP contribution in [0.4, 0.5) is 0 Å². The summed E-state index contributed by atoms with van der Waals surface area (Å²) in [5, 5.41) is 9.95. The second-order valence-corrected chi connectivity index (χ2v) is 5.61. The second-order valence-electron chi connectivity index (χ2n) is 5.61. The van der Waals surface area contributed by atoms with Crippen molar-refractivity contribution in [3.05, 3.63) is 0 Å². The minimum Gasteiger partial charge on any atom is -0.389 e. The summed E-state index contributed by atoms with van der Waals surface area (Å²) in [7, 11) is 1.66. The Hall–Kier alpha value is -0.160. The number of nitrogens with zero attached hydrogens (tertiary/aromatic N) is 1. The zero-order chi connectivity index (χ0) is 13.9. The smallest absolute Gasteiger partial charge is 0.0900 e. The van der Waals surface area contributed by atoms with E-state index >= 15 is 0 Å². The van der Waals surface area contributed by atoms with Gasteiger partial charge in [0.2, 0.25) is 0 Å². The monoisotopic (exact) mass is 273 g/mol. The molecule has 1 heterocycles. The van der Waals surface area contributed by atoms with Crippen molar-refractivity contribution in [3.63, 3.8) is 0 Å². The van der Waals surface area contributed by atoms with Gasteiger partial charge in [-0.05, 0) is 38.3 Å². The van der Waals surface area contributed by atoms with E-state index in [0.717, 1.165) is 25.6 Å². The third-order valence-electron chi connectivity index (χ3n) is 3.85. The van der Waals surface area contributed by atoms with Crippen LogP contribution in [0.25, 0.3) is 0 Å². The van der Waals surface area contributed by atoms with Gasteiger partial charge in [-0.1, -0.05) is 19.8 Å². The van der Waals surface area contributed by atoms with Gasteiger partial charge in [0.05, 0.1) is 25.9 Å². The zero-order valence-corrected chi connectivity index (χ0v) is 12.6. The normalized spacial score (nSPS) is 23.2. The van der Waals surface area contributed by atoms with Gasteiger partial charge in [0.15, 0.2) is 0 Å². The maximum Gasteiger partial charge on any atom is 0.0900 e. The van der Waals surface area contributed by atoms with E-state index in [-0.39, 0.29) is 6.10 Å². The largest absolute Gasteiger partial charge is 0.389 e. The van der Waals surface area contributed by atoms with Crippen LogP contribution in [-0.2, 0) is 9.47 Å². The predicted octanol–water partition coefficient (Wildman–Crippen LogP) is 1.91. The lowest BCUT2D eigenvalue weighted by Gasteiger charge is -2.23. The van der Waals surface area contributed by atoms with E-state index in [0.29, 0.717) is 19.8 Å². The molecule has 0 aromatic rings. The molecule has 114 valence electrons. The molecule has 0 saturated carbocycles. The van der Waals surface area contributed by atoms with Gasteiger partial charge < -0.3 is 19.5 Å². The fraction of sp³-hybridized carbons (Fsp3) is 1.00. The van der Waals surface area contributed by atoms with Crippen LogP contribution in [0.3, 0.4) is 0 Å². The Bertz CT molecular complexity index is 214. The van der Waals surface area contributed by atoms with E-state index in [9.17, 15) is 5.11 Å². The van der Waals surface area contributed by atoms with Crippen molar-refractivity contribution in [3.8, 4) is 0 Å². The Morgan fingerprint density at radius 1 is 1.26 bits per heavy atom. The third kappa shape index (κ3) is 7.88. The average molecular weight is 273 g/mol. The fourth-order valence-electron chi connectivity index (χ4n) is 2.82. The fourth-order valence-corrected chi connectivity index (χ4v) is 2.82. The highest BCUT2D eigenvalue weighted by Crippen LogP contribution is 2.21. The quantitative estimate of drug-likeness (QED) is 0.652. The molecule has 0 radical (unpaired) electrons. The highest BCUT2D eigenvalue weighted by Gasteiger charge is 2.18. The molecule has 1 rings (SSSR count). The Balaban J connectivity index is 2.14. The second kappa shape index (κ2) is 10.6. The summed E-state index contributed by atoms with van der Waals surface area (Å²) in [6, 6.07) is 0. The molecule has 0 aliphatic carbocycles. The molecule has 1 saturated heterocycles. The summed E-state index contributed by atoms with van der Waals surface area (Å²) in [6.07, 6.45) is 6.18. The van der Waals surface area contributed by atoms with Gasteiger partial charge >= 0.3 is 0 Å². The molecule has 4 heteroatoms. The highest BCUT2D eigenvalue weighted by molar-refractivity contribution is 4.72. The molecule has 4 nitrogen and oxygen atoms in total. The first-order valence-corrected chi connectivity index (χ1v) is 7.73. The summed E-state index contributed by atoms with van der Waals surface area (Å²) in [4.78, 5) is 2.39. The molecule has 1 fully saturated rings. The standard InChI is InChI=1S/C15H31NO3/c1-3-5-14-6-4-8-16(9-7-14)12-15(17)13-19-11-10-18-2/h14-15,17H,3-13H2,1-2H3.